The van der Waals surface area contributed by atoms with Gasteiger partial charge in [-0.1, -0.05) is 24.6 Å². The topological polar surface area (TPSA) is 32.3 Å². The van der Waals surface area contributed by atoms with Crippen molar-refractivity contribution >= 4 is 33.2 Å². The van der Waals surface area contributed by atoms with Crippen LogP contribution in [-0.4, -0.2) is 30.4 Å². The first-order valence-electron chi connectivity index (χ1n) is 8.06. The van der Waals surface area contributed by atoms with Crippen LogP contribution in [0.25, 0.3) is 0 Å². The fourth-order valence-electron chi connectivity index (χ4n) is 3.05. The van der Waals surface area contributed by atoms with Crippen molar-refractivity contribution in [2.75, 3.05) is 19.6 Å². The summed E-state index contributed by atoms with van der Waals surface area (Å²) >= 11 is 5.22. The molecule has 1 fully saturated rings. The van der Waals surface area contributed by atoms with E-state index in [4.69, 9.17) is 0 Å². The van der Waals surface area contributed by atoms with Gasteiger partial charge < -0.3 is 5.32 Å². The fraction of sp³-hybridized carbons (Fsp3) is 0.389. The number of amides is 1. The van der Waals surface area contributed by atoms with Crippen molar-refractivity contribution in [3.8, 4) is 0 Å². The Bertz CT molecular complexity index is 638. The lowest BCUT2D eigenvalue weighted by atomic mass is 10.1. The Hall–Kier alpha value is -1.17. The van der Waals surface area contributed by atoms with Gasteiger partial charge in [-0.05, 0) is 65.4 Å². The molecule has 0 unspecified atom stereocenters. The molecule has 3 rings (SSSR count). The van der Waals surface area contributed by atoms with Crippen molar-refractivity contribution in [3.05, 3.63) is 56.7 Å². The Morgan fingerprint density at radius 3 is 2.65 bits per heavy atom. The minimum Gasteiger partial charge on any atom is -0.350 e. The van der Waals surface area contributed by atoms with Crippen molar-refractivity contribution in [2.24, 2.45) is 0 Å². The number of nitrogens with one attached hydrogen (secondary N) is 1. The van der Waals surface area contributed by atoms with Crippen LogP contribution in [0.2, 0.25) is 0 Å². The minimum atomic E-state index is -0.0176. The third-order valence-electron chi connectivity index (χ3n) is 4.28. The van der Waals surface area contributed by atoms with Crippen molar-refractivity contribution in [1.29, 1.82) is 0 Å². The van der Waals surface area contributed by atoms with Gasteiger partial charge in [0.25, 0.3) is 5.91 Å². The number of rotatable bonds is 5. The van der Waals surface area contributed by atoms with Crippen LogP contribution >= 0.6 is 27.3 Å². The Morgan fingerprint density at radius 2 is 1.96 bits per heavy atom. The van der Waals surface area contributed by atoms with Gasteiger partial charge in [0.15, 0.2) is 0 Å². The summed E-state index contributed by atoms with van der Waals surface area (Å²) in [6, 6.07) is 12.1. The third kappa shape index (κ3) is 4.22. The number of thiophene rings is 1. The highest BCUT2D eigenvalue weighted by Crippen LogP contribution is 2.27. The Labute approximate surface area is 149 Å². The highest BCUT2D eigenvalue weighted by molar-refractivity contribution is 9.10. The van der Waals surface area contributed by atoms with E-state index >= 15 is 0 Å². The predicted octanol–water partition coefficient (Wildman–Crippen LogP) is 4.47. The van der Waals surface area contributed by atoms with Gasteiger partial charge in [-0.15, -0.1) is 11.3 Å². The number of halogens is 1. The van der Waals surface area contributed by atoms with Crippen LogP contribution in [0.15, 0.2) is 46.3 Å². The molecule has 0 aliphatic carbocycles. The second-order valence-corrected chi connectivity index (χ2v) is 7.65. The summed E-state index contributed by atoms with van der Waals surface area (Å²) in [5.41, 5.74) is 0.691. The predicted molar refractivity (Wildman–Crippen MR) is 99.0 cm³/mol. The first kappa shape index (κ1) is 16.7. The first-order valence-corrected chi connectivity index (χ1v) is 9.73. The summed E-state index contributed by atoms with van der Waals surface area (Å²) in [5.74, 6) is -0.0176. The molecule has 122 valence electrons. The third-order valence-corrected chi connectivity index (χ3v) is 5.94. The largest absolute Gasteiger partial charge is 0.350 e. The maximum atomic E-state index is 12.5. The van der Waals surface area contributed by atoms with Crippen LogP contribution in [-0.2, 0) is 0 Å². The molecule has 1 aromatic heterocycles. The maximum absolute atomic E-state index is 12.5. The number of nitrogens with zero attached hydrogens (tertiary/aromatic N) is 1. The lowest BCUT2D eigenvalue weighted by molar-refractivity contribution is 0.0925. The van der Waals surface area contributed by atoms with Crippen molar-refractivity contribution in [3.63, 3.8) is 0 Å². The number of carbonyl (C=O) groups is 1. The molecular formula is C18H21BrN2OS. The average Bonchev–Trinajstić information content (AvgIpc) is 3.10. The molecule has 1 amide bonds. The van der Waals surface area contributed by atoms with Crippen LogP contribution in [0.1, 0.15) is 40.5 Å². The van der Waals surface area contributed by atoms with E-state index in [1.165, 1.54) is 24.1 Å². The summed E-state index contributed by atoms with van der Waals surface area (Å²) in [4.78, 5) is 16.3. The second kappa shape index (κ2) is 8.08. The van der Waals surface area contributed by atoms with E-state index in [-0.39, 0.29) is 11.9 Å². The monoisotopic (exact) mass is 392 g/mol. The lowest BCUT2D eigenvalue weighted by Crippen LogP contribution is -2.40. The summed E-state index contributed by atoms with van der Waals surface area (Å²) in [7, 11) is 0. The molecule has 0 bridgehead atoms. The first-order chi connectivity index (χ1) is 11.3. The van der Waals surface area contributed by atoms with Gasteiger partial charge in [0.1, 0.15) is 0 Å². The normalized spacial score (nSPS) is 16.9. The SMILES string of the molecule is O=C(NC[C@@H](c1cccs1)N1CCCCC1)c1ccccc1Br. The minimum absolute atomic E-state index is 0.0176. The van der Waals surface area contributed by atoms with Gasteiger partial charge in [0.05, 0.1) is 11.6 Å². The van der Waals surface area contributed by atoms with Crippen LogP contribution in [0, 0.1) is 0 Å². The van der Waals surface area contributed by atoms with Crippen LogP contribution in [0.5, 0.6) is 0 Å². The molecule has 1 aliphatic rings. The molecule has 0 spiro atoms. The highest BCUT2D eigenvalue weighted by Gasteiger charge is 2.24. The van der Waals surface area contributed by atoms with E-state index in [0.717, 1.165) is 17.6 Å². The van der Waals surface area contributed by atoms with E-state index in [9.17, 15) is 4.79 Å². The zero-order valence-corrected chi connectivity index (χ0v) is 15.4. The highest BCUT2D eigenvalue weighted by atomic mass is 79.9. The molecule has 1 aromatic carbocycles. The number of carbonyl (C=O) groups excluding carboxylic acids is 1. The number of piperidine rings is 1. The smallest absolute Gasteiger partial charge is 0.252 e. The molecule has 1 atom stereocenters. The van der Waals surface area contributed by atoms with E-state index in [0.29, 0.717) is 12.1 Å². The molecule has 1 aliphatic heterocycles. The molecule has 2 aromatic rings. The van der Waals surface area contributed by atoms with E-state index in [1.807, 2.05) is 24.3 Å². The molecule has 3 nitrogen and oxygen atoms in total. The van der Waals surface area contributed by atoms with Crippen LogP contribution in [0.4, 0.5) is 0 Å². The Balaban J connectivity index is 1.69. The average molecular weight is 393 g/mol. The van der Waals surface area contributed by atoms with E-state index < -0.39 is 0 Å². The second-order valence-electron chi connectivity index (χ2n) is 5.82. The summed E-state index contributed by atoms with van der Waals surface area (Å²) < 4.78 is 0.836. The van der Waals surface area contributed by atoms with Crippen molar-refractivity contribution in [2.45, 2.75) is 25.3 Å². The zero-order chi connectivity index (χ0) is 16.1. The van der Waals surface area contributed by atoms with Gasteiger partial charge >= 0.3 is 0 Å². The molecule has 5 heteroatoms. The number of hydrogen-bond donors (Lipinski definition) is 1. The number of hydrogen-bond acceptors (Lipinski definition) is 3. The molecule has 1 saturated heterocycles. The van der Waals surface area contributed by atoms with Gasteiger partial charge in [-0.3, -0.25) is 9.69 Å². The van der Waals surface area contributed by atoms with Crippen LogP contribution in [0.3, 0.4) is 0 Å². The quantitative estimate of drug-likeness (QED) is 0.813. The maximum Gasteiger partial charge on any atom is 0.252 e. The molecular weight excluding hydrogens is 372 g/mol. The number of likely N-dealkylation sites (tertiary alicyclic amines) is 1. The van der Waals surface area contributed by atoms with Gasteiger partial charge in [-0.2, -0.15) is 0 Å². The van der Waals surface area contributed by atoms with Crippen molar-refractivity contribution < 1.29 is 4.79 Å². The summed E-state index contributed by atoms with van der Waals surface area (Å²) in [6.07, 6.45) is 3.82. The molecule has 0 saturated carbocycles. The lowest BCUT2D eigenvalue weighted by Gasteiger charge is -2.34. The van der Waals surface area contributed by atoms with Gasteiger partial charge in [-0.25, -0.2) is 0 Å². The molecule has 0 radical (unpaired) electrons. The standard InChI is InChI=1S/C18H21BrN2OS/c19-15-8-3-2-7-14(15)18(22)20-13-16(17-9-6-12-23-17)21-10-4-1-5-11-21/h2-3,6-9,12,16H,1,4-5,10-11,13H2,(H,20,22)/t16-/m0/s1. The van der Waals surface area contributed by atoms with Crippen molar-refractivity contribution in [1.82, 2.24) is 10.2 Å². The number of benzene rings is 1. The Morgan fingerprint density at radius 1 is 1.17 bits per heavy atom. The summed E-state index contributed by atoms with van der Waals surface area (Å²) in [6.45, 7) is 2.89. The van der Waals surface area contributed by atoms with Gasteiger partial charge in [0, 0.05) is 15.9 Å². The Kier molecular flexibility index (Phi) is 5.86. The molecule has 1 N–H and O–H groups in total. The molecule has 23 heavy (non-hydrogen) atoms. The van der Waals surface area contributed by atoms with E-state index in [2.05, 4.69) is 43.7 Å². The molecule has 2 heterocycles. The fourth-order valence-corrected chi connectivity index (χ4v) is 4.38. The zero-order valence-electron chi connectivity index (χ0n) is 13.0. The van der Waals surface area contributed by atoms with E-state index in [1.54, 1.807) is 11.3 Å². The van der Waals surface area contributed by atoms with Crippen LogP contribution < -0.4 is 5.32 Å². The van der Waals surface area contributed by atoms with Gasteiger partial charge in [0.2, 0.25) is 0 Å². The summed E-state index contributed by atoms with van der Waals surface area (Å²) in [5, 5.41) is 5.23.